The van der Waals surface area contributed by atoms with E-state index in [2.05, 4.69) is 10.3 Å². The van der Waals surface area contributed by atoms with Crippen LogP contribution in [0.25, 0.3) is 0 Å². The Morgan fingerprint density at radius 3 is 2.37 bits per heavy atom. The minimum absolute atomic E-state index is 0.126. The maximum Gasteiger partial charge on any atom is 0.338 e. The molecule has 160 valence electrons. The maximum atomic E-state index is 12.7. The molecule has 1 aliphatic rings. The highest BCUT2D eigenvalue weighted by Gasteiger charge is 2.26. The zero-order valence-corrected chi connectivity index (χ0v) is 17.9. The third kappa shape index (κ3) is 5.35. The number of nitrogens with zero attached hydrogens (tertiary/aromatic N) is 2. The van der Waals surface area contributed by atoms with Gasteiger partial charge in [-0.3, -0.25) is 4.79 Å². The van der Waals surface area contributed by atoms with Crippen LogP contribution in [-0.4, -0.2) is 48.8 Å². The van der Waals surface area contributed by atoms with Crippen molar-refractivity contribution in [1.29, 1.82) is 0 Å². The third-order valence-corrected chi connectivity index (χ3v) is 6.81. The number of halogens is 1. The van der Waals surface area contributed by atoms with Gasteiger partial charge in [0.1, 0.15) is 5.82 Å². The van der Waals surface area contributed by atoms with Crippen molar-refractivity contribution in [3.05, 3.63) is 53.2 Å². The molecule has 1 amide bonds. The molecule has 0 bridgehead atoms. The number of anilines is 1. The molecular formula is C20H22ClN3O5S. The highest BCUT2D eigenvalue weighted by molar-refractivity contribution is 7.89. The number of aromatic nitrogens is 1. The molecular weight excluding hydrogens is 430 g/mol. The Morgan fingerprint density at radius 1 is 1.10 bits per heavy atom. The van der Waals surface area contributed by atoms with Crippen LogP contribution in [0.3, 0.4) is 0 Å². The van der Waals surface area contributed by atoms with Gasteiger partial charge in [0.05, 0.1) is 15.5 Å². The van der Waals surface area contributed by atoms with Crippen LogP contribution in [0.4, 0.5) is 5.82 Å². The van der Waals surface area contributed by atoms with Crippen molar-refractivity contribution in [3.63, 3.8) is 0 Å². The summed E-state index contributed by atoms with van der Waals surface area (Å²) in [6.45, 7) is 2.43. The Kier molecular flexibility index (Phi) is 7.06. The number of carbonyl (C=O) groups is 2. The van der Waals surface area contributed by atoms with Crippen LogP contribution in [0.2, 0.25) is 5.02 Å². The van der Waals surface area contributed by atoms with E-state index in [9.17, 15) is 18.0 Å². The van der Waals surface area contributed by atoms with Gasteiger partial charge in [-0.25, -0.2) is 18.2 Å². The van der Waals surface area contributed by atoms with E-state index in [1.54, 1.807) is 6.07 Å². The predicted molar refractivity (Wildman–Crippen MR) is 112 cm³/mol. The SMILES string of the molecule is C[C@@H](OC(=O)c1ccc(S(=O)(=O)N2CCCCC2)cc1)C(=O)Nc1ccc(Cl)cn1. The molecule has 0 radical (unpaired) electrons. The number of hydrogen-bond acceptors (Lipinski definition) is 6. The number of esters is 1. The van der Waals surface area contributed by atoms with Crippen LogP contribution in [-0.2, 0) is 19.6 Å². The van der Waals surface area contributed by atoms with E-state index >= 15 is 0 Å². The molecule has 1 aromatic carbocycles. The van der Waals surface area contributed by atoms with Gasteiger partial charge in [-0.1, -0.05) is 18.0 Å². The number of benzene rings is 1. The summed E-state index contributed by atoms with van der Waals surface area (Å²) >= 11 is 5.75. The summed E-state index contributed by atoms with van der Waals surface area (Å²) < 4.78 is 32.0. The van der Waals surface area contributed by atoms with E-state index in [1.807, 2.05) is 0 Å². The molecule has 0 saturated carbocycles. The van der Waals surface area contributed by atoms with E-state index in [0.29, 0.717) is 18.1 Å². The number of ether oxygens (including phenoxy) is 1. The standard InChI is InChI=1S/C20H22ClN3O5S/c1-14(19(25)23-18-10-7-16(21)13-22-18)29-20(26)15-5-8-17(9-6-15)30(27,28)24-11-3-2-4-12-24/h5-10,13-14H,2-4,11-12H2,1H3,(H,22,23,25)/t14-/m1/s1. The first-order chi connectivity index (χ1) is 14.3. The van der Waals surface area contributed by atoms with Crippen molar-refractivity contribution >= 4 is 39.3 Å². The second-order valence-electron chi connectivity index (χ2n) is 6.89. The van der Waals surface area contributed by atoms with Crippen LogP contribution in [0.1, 0.15) is 36.5 Å². The summed E-state index contributed by atoms with van der Waals surface area (Å²) in [5.41, 5.74) is 0.150. The van der Waals surface area contributed by atoms with Crippen molar-refractivity contribution in [1.82, 2.24) is 9.29 Å². The first-order valence-corrected chi connectivity index (χ1v) is 11.3. The van der Waals surface area contributed by atoms with Crippen LogP contribution in [0, 0.1) is 0 Å². The number of pyridine rings is 1. The zero-order valence-electron chi connectivity index (χ0n) is 16.4. The fraction of sp³-hybridized carbons (Fsp3) is 0.350. The Hall–Kier alpha value is -2.49. The summed E-state index contributed by atoms with van der Waals surface area (Å²) in [5.74, 6) is -1.01. The number of piperidine rings is 1. The second kappa shape index (κ2) is 9.55. The third-order valence-electron chi connectivity index (χ3n) is 4.67. The van der Waals surface area contributed by atoms with Gasteiger partial charge < -0.3 is 10.1 Å². The van der Waals surface area contributed by atoms with Gasteiger partial charge in [0.25, 0.3) is 5.91 Å². The summed E-state index contributed by atoms with van der Waals surface area (Å²) in [4.78, 5) is 28.6. The number of nitrogens with one attached hydrogen (secondary N) is 1. The Bertz CT molecular complexity index is 1000. The first-order valence-electron chi connectivity index (χ1n) is 9.51. The largest absolute Gasteiger partial charge is 0.449 e. The second-order valence-corrected chi connectivity index (χ2v) is 9.26. The quantitative estimate of drug-likeness (QED) is 0.676. The Labute approximate surface area is 180 Å². The number of carbonyl (C=O) groups excluding carboxylic acids is 2. The lowest BCUT2D eigenvalue weighted by Crippen LogP contribution is -2.35. The molecule has 30 heavy (non-hydrogen) atoms. The van der Waals surface area contributed by atoms with Gasteiger partial charge in [0.2, 0.25) is 10.0 Å². The molecule has 3 rings (SSSR count). The fourth-order valence-electron chi connectivity index (χ4n) is 2.98. The lowest BCUT2D eigenvalue weighted by molar-refractivity contribution is -0.123. The lowest BCUT2D eigenvalue weighted by atomic mass is 10.2. The van der Waals surface area contributed by atoms with Crippen molar-refractivity contribution in [2.45, 2.75) is 37.2 Å². The van der Waals surface area contributed by atoms with Gasteiger partial charge >= 0.3 is 5.97 Å². The molecule has 2 heterocycles. The van der Waals surface area contributed by atoms with Crippen LogP contribution in [0.5, 0.6) is 0 Å². The van der Waals surface area contributed by atoms with Crippen LogP contribution >= 0.6 is 11.6 Å². The topological polar surface area (TPSA) is 106 Å². The van der Waals surface area contributed by atoms with E-state index in [-0.39, 0.29) is 16.3 Å². The Morgan fingerprint density at radius 2 is 1.77 bits per heavy atom. The monoisotopic (exact) mass is 451 g/mol. The van der Waals surface area contributed by atoms with Crippen molar-refractivity contribution in [3.8, 4) is 0 Å². The minimum Gasteiger partial charge on any atom is -0.449 e. The molecule has 2 aromatic rings. The fourth-order valence-corrected chi connectivity index (χ4v) is 4.61. The molecule has 1 aliphatic heterocycles. The summed E-state index contributed by atoms with van der Waals surface area (Å²) in [7, 11) is -3.58. The summed E-state index contributed by atoms with van der Waals surface area (Å²) in [6.07, 6.45) is 3.01. The molecule has 0 aliphatic carbocycles. The molecule has 1 aromatic heterocycles. The number of sulfonamides is 1. The first kappa shape index (κ1) is 22.2. The minimum atomic E-state index is -3.58. The van der Waals surface area contributed by atoms with Crippen LogP contribution in [0.15, 0.2) is 47.5 Å². The average Bonchev–Trinajstić information content (AvgIpc) is 2.76. The van der Waals surface area contributed by atoms with Gasteiger partial charge in [-0.2, -0.15) is 4.31 Å². The molecule has 1 atom stereocenters. The number of amides is 1. The van der Waals surface area contributed by atoms with Gasteiger partial charge in [0, 0.05) is 19.3 Å². The lowest BCUT2D eigenvalue weighted by Gasteiger charge is -2.25. The van der Waals surface area contributed by atoms with E-state index in [4.69, 9.17) is 16.3 Å². The highest BCUT2D eigenvalue weighted by Crippen LogP contribution is 2.21. The number of rotatable bonds is 6. The van der Waals surface area contributed by atoms with E-state index in [1.165, 1.54) is 47.8 Å². The predicted octanol–water partition coefficient (Wildman–Crippen LogP) is 3.09. The zero-order chi connectivity index (χ0) is 21.7. The molecule has 0 spiro atoms. The van der Waals surface area contributed by atoms with Gasteiger partial charge in [-0.05, 0) is 56.2 Å². The van der Waals surface area contributed by atoms with Gasteiger partial charge in [-0.15, -0.1) is 0 Å². The molecule has 1 fully saturated rings. The summed E-state index contributed by atoms with van der Waals surface area (Å²) in [6, 6.07) is 8.61. The highest BCUT2D eigenvalue weighted by atomic mass is 35.5. The maximum absolute atomic E-state index is 12.7. The molecule has 10 heteroatoms. The normalized spacial score (nSPS) is 15.9. The van der Waals surface area contributed by atoms with Crippen molar-refractivity contribution in [2.75, 3.05) is 18.4 Å². The van der Waals surface area contributed by atoms with Crippen molar-refractivity contribution < 1.29 is 22.7 Å². The molecule has 1 saturated heterocycles. The van der Waals surface area contributed by atoms with Gasteiger partial charge in [0.15, 0.2) is 6.10 Å². The molecule has 1 N–H and O–H groups in total. The summed E-state index contributed by atoms with van der Waals surface area (Å²) in [5, 5.41) is 2.95. The van der Waals surface area contributed by atoms with E-state index in [0.717, 1.165) is 19.3 Å². The number of hydrogen-bond donors (Lipinski definition) is 1. The molecule has 0 unspecified atom stereocenters. The van der Waals surface area contributed by atoms with Crippen LogP contribution < -0.4 is 5.32 Å². The average molecular weight is 452 g/mol. The van der Waals surface area contributed by atoms with E-state index < -0.39 is 28.0 Å². The smallest absolute Gasteiger partial charge is 0.338 e. The molecule has 8 nitrogen and oxygen atoms in total. The van der Waals surface area contributed by atoms with Crippen molar-refractivity contribution in [2.24, 2.45) is 0 Å². The Balaban J connectivity index is 1.61.